The fourth-order valence-electron chi connectivity index (χ4n) is 0. The number of phosphoric acid groups is 1. The highest BCUT2D eigenvalue weighted by atomic mass is 31.2. The summed E-state index contributed by atoms with van der Waals surface area (Å²) >= 11 is 0. The summed E-state index contributed by atoms with van der Waals surface area (Å²) in [6.07, 6.45) is 0. The van der Waals surface area contributed by atoms with Crippen LogP contribution in [-0.2, 0) is 4.57 Å². The van der Waals surface area contributed by atoms with Crippen molar-refractivity contribution in [1.82, 2.24) is 0 Å². The fraction of sp³-hybridized carbons (Fsp3) is 0. The highest BCUT2D eigenvalue weighted by Gasteiger charge is 2.00. The predicted octanol–water partition coefficient (Wildman–Crippen LogP) is -4.21. The summed E-state index contributed by atoms with van der Waals surface area (Å²) in [7, 11) is -4.64. The second-order valence-electron chi connectivity index (χ2n) is 0.513. The predicted molar refractivity (Wildman–Crippen MR) is 42.7 cm³/mol. The quantitative estimate of drug-likeness (QED) is 0.263. The number of rotatable bonds is 0. The van der Waals surface area contributed by atoms with Crippen molar-refractivity contribution >= 4 is 65.6 Å². The molecule has 48 valence electrons. The van der Waals surface area contributed by atoms with E-state index in [0.29, 0.717) is 0 Å². The molecule has 0 amide bonds. The van der Waals surface area contributed by atoms with Crippen molar-refractivity contribution in [2.45, 2.75) is 0 Å². The molecular weight excluding hydrogens is 173 g/mol. The Morgan fingerprint density at radius 3 is 1.00 bits per heavy atom. The van der Waals surface area contributed by atoms with E-state index < -0.39 is 7.82 Å². The van der Waals surface area contributed by atoms with Gasteiger partial charge in [0.05, 0.1) is 0 Å². The molecule has 0 saturated carbocycles. The molecule has 0 radical (unpaired) electrons. The first-order valence-corrected chi connectivity index (χ1v) is 2.35. The van der Waals surface area contributed by atoms with Gasteiger partial charge in [0.1, 0.15) is 0 Å². The van der Waals surface area contributed by atoms with Gasteiger partial charge in [0.15, 0.2) is 34.7 Å². The van der Waals surface area contributed by atoms with Crippen LogP contribution in [0, 0.1) is 0 Å². The van der Waals surface area contributed by atoms with E-state index in [4.69, 9.17) is 19.2 Å². The Balaban J connectivity index is -0.0000000267. The molecule has 8 heteroatoms. The first kappa shape index (κ1) is 22.5. The Kier molecular flexibility index (Phi) is 25.2. The maximum Gasteiger partial charge on any atom is 0.466 e. The standard InChI is InChI=1S/2Al.Mg.H3O4P.8H/c;;;1-5(2,3)4;;;;;;;;/h;;;(H3,1,2,3,4);;;;;;;;. The van der Waals surface area contributed by atoms with Crippen molar-refractivity contribution in [3.63, 3.8) is 0 Å². The van der Waals surface area contributed by atoms with Crippen molar-refractivity contribution in [2.24, 2.45) is 0 Å². The minimum absolute atomic E-state index is 0. The molecule has 0 aliphatic heterocycles. The van der Waals surface area contributed by atoms with E-state index in [0.717, 1.165) is 0 Å². The molecular formula is H11Al2MgO4P. The smallest absolute Gasteiger partial charge is 0.303 e. The van der Waals surface area contributed by atoms with Crippen LogP contribution in [0.4, 0.5) is 0 Å². The van der Waals surface area contributed by atoms with E-state index in [1.165, 1.54) is 0 Å². The van der Waals surface area contributed by atoms with E-state index in [-0.39, 0.29) is 57.8 Å². The van der Waals surface area contributed by atoms with Crippen LogP contribution in [0.15, 0.2) is 0 Å². The average molecular weight is 184 g/mol. The van der Waals surface area contributed by atoms with Gasteiger partial charge in [-0.1, -0.05) is 0 Å². The third-order valence-electron chi connectivity index (χ3n) is 0. The van der Waals surface area contributed by atoms with Gasteiger partial charge in [-0.25, -0.2) is 4.57 Å². The van der Waals surface area contributed by atoms with Crippen LogP contribution in [0.25, 0.3) is 0 Å². The van der Waals surface area contributed by atoms with E-state index >= 15 is 0 Å². The topological polar surface area (TPSA) is 77.8 Å². The van der Waals surface area contributed by atoms with Crippen LogP contribution >= 0.6 is 7.82 Å². The summed E-state index contributed by atoms with van der Waals surface area (Å²) < 4.78 is 8.88. The normalized spacial score (nSPS) is 7.38. The number of hydrogen-bond donors (Lipinski definition) is 3. The first-order valence-electron chi connectivity index (χ1n) is 0.783. The maximum atomic E-state index is 8.88. The average Bonchev–Trinajstić information content (AvgIpc) is 0.722. The van der Waals surface area contributed by atoms with E-state index in [1.54, 1.807) is 0 Å². The lowest BCUT2D eigenvalue weighted by atomic mass is 15.8. The second-order valence-corrected chi connectivity index (χ2v) is 1.54. The highest BCUT2D eigenvalue weighted by molar-refractivity contribution is 7.45. The molecule has 0 unspecified atom stereocenters. The molecule has 0 saturated heterocycles. The zero-order chi connectivity index (χ0) is 4.50. The maximum absolute atomic E-state index is 8.88. The van der Waals surface area contributed by atoms with Crippen LogP contribution in [0.2, 0.25) is 0 Å². The Morgan fingerprint density at radius 1 is 1.00 bits per heavy atom. The zero-order valence-corrected chi connectivity index (χ0v) is 3.09. The molecule has 0 aromatic heterocycles. The van der Waals surface area contributed by atoms with Crippen molar-refractivity contribution in [3.05, 3.63) is 0 Å². The molecule has 0 fully saturated rings. The van der Waals surface area contributed by atoms with Gasteiger partial charge in [-0.2, -0.15) is 0 Å². The lowest BCUT2D eigenvalue weighted by Crippen LogP contribution is -1.66. The van der Waals surface area contributed by atoms with Crippen molar-refractivity contribution in [2.75, 3.05) is 0 Å². The summed E-state index contributed by atoms with van der Waals surface area (Å²) in [6, 6.07) is 0. The van der Waals surface area contributed by atoms with Gasteiger partial charge in [0, 0.05) is 0 Å². The minimum Gasteiger partial charge on any atom is -0.303 e. The van der Waals surface area contributed by atoms with Gasteiger partial charge in [-0.15, -0.1) is 0 Å². The van der Waals surface area contributed by atoms with Crippen LogP contribution in [-0.4, -0.2) is 72.5 Å². The molecule has 0 aliphatic rings. The summed E-state index contributed by atoms with van der Waals surface area (Å²) in [5.74, 6) is 0. The molecule has 0 bridgehead atoms. The van der Waals surface area contributed by atoms with E-state index in [9.17, 15) is 0 Å². The fourth-order valence-corrected chi connectivity index (χ4v) is 0. The summed E-state index contributed by atoms with van der Waals surface area (Å²) in [4.78, 5) is 21.6. The van der Waals surface area contributed by atoms with Gasteiger partial charge < -0.3 is 14.7 Å². The van der Waals surface area contributed by atoms with Gasteiger partial charge >= 0.3 is 30.9 Å². The monoisotopic (exact) mass is 184 g/mol. The molecule has 0 rings (SSSR count). The summed E-state index contributed by atoms with van der Waals surface area (Å²) in [6.45, 7) is 0. The molecule has 3 N–H and O–H groups in total. The minimum atomic E-state index is -4.64. The Bertz CT molecular complexity index is 60.2. The van der Waals surface area contributed by atoms with Crippen LogP contribution in [0.3, 0.4) is 0 Å². The highest BCUT2D eigenvalue weighted by Crippen LogP contribution is 2.25. The molecule has 0 spiro atoms. The summed E-state index contributed by atoms with van der Waals surface area (Å²) in [5.41, 5.74) is 0. The second kappa shape index (κ2) is 8.94. The van der Waals surface area contributed by atoms with E-state index in [2.05, 4.69) is 0 Å². The van der Waals surface area contributed by atoms with Gasteiger partial charge in [-0.3, -0.25) is 0 Å². The zero-order valence-electron chi connectivity index (χ0n) is 2.20. The number of hydrogen-bond acceptors (Lipinski definition) is 1. The lowest BCUT2D eigenvalue weighted by molar-refractivity contribution is 0.275. The van der Waals surface area contributed by atoms with Crippen LogP contribution < -0.4 is 0 Å². The van der Waals surface area contributed by atoms with Crippen LogP contribution in [0.5, 0.6) is 0 Å². The Labute approximate surface area is 84.3 Å². The largest absolute Gasteiger partial charge is 0.466 e. The van der Waals surface area contributed by atoms with Gasteiger partial charge in [0.25, 0.3) is 0 Å². The molecule has 0 aliphatic carbocycles. The van der Waals surface area contributed by atoms with Crippen molar-refractivity contribution < 1.29 is 19.2 Å². The third kappa shape index (κ3) is 102. The molecule has 0 heterocycles. The SMILES string of the molecule is O=P(O)(O)O.[AlH3].[AlH3].[MgH2]. The Hall–Kier alpha value is 1.94. The van der Waals surface area contributed by atoms with Crippen molar-refractivity contribution in [1.29, 1.82) is 0 Å². The van der Waals surface area contributed by atoms with Gasteiger partial charge in [0.2, 0.25) is 0 Å². The van der Waals surface area contributed by atoms with Gasteiger partial charge in [-0.05, 0) is 0 Å². The summed E-state index contributed by atoms with van der Waals surface area (Å²) in [5, 5.41) is 0. The molecule has 0 aromatic rings. The lowest BCUT2D eigenvalue weighted by Gasteiger charge is -1.82. The molecule has 0 atom stereocenters. The first-order chi connectivity index (χ1) is 2.00. The van der Waals surface area contributed by atoms with E-state index in [1.807, 2.05) is 0 Å². The Morgan fingerprint density at radius 2 is 1.00 bits per heavy atom. The molecule has 0 aromatic carbocycles. The third-order valence-corrected chi connectivity index (χ3v) is 0. The molecule has 8 heavy (non-hydrogen) atoms. The van der Waals surface area contributed by atoms with Crippen LogP contribution in [0.1, 0.15) is 0 Å². The van der Waals surface area contributed by atoms with Crippen molar-refractivity contribution in [3.8, 4) is 0 Å². The molecule has 4 nitrogen and oxygen atoms in total.